The molecule has 1 aliphatic carbocycles. The van der Waals surface area contributed by atoms with Gasteiger partial charge in [-0.05, 0) is 42.5 Å². The van der Waals surface area contributed by atoms with Crippen LogP contribution in [0.5, 0.6) is 11.5 Å². The third-order valence-corrected chi connectivity index (χ3v) is 4.28. The van der Waals surface area contributed by atoms with Crippen LogP contribution in [0.4, 0.5) is 0 Å². The van der Waals surface area contributed by atoms with Gasteiger partial charge in [0.1, 0.15) is 0 Å². The van der Waals surface area contributed by atoms with Crippen LogP contribution in [0.2, 0.25) is 0 Å². The smallest absolute Gasteiger partial charge is 0.231 e. The van der Waals surface area contributed by atoms with Gasteiger partial charge in [-0.15, -0.1) is 0 Å². The molecule has 1 heterocycles. The van der Waals surface area contributed by atoms with Crippen LogP contribution in [0.25, 0.3) is 0 Å². The van der Waals surface area contributed by atoms with Gasteiger partial charge in [-0.25, -0.2) is 0 Å². The third-order valence-electron chi connectivity index (χ3n) is 3.54. The quantitative estimate of drug-likeness (QED) is 0.927. The maximum atomic E-state index is 5.38. The summed E-state index contributed by atoms with van der Waals surface area (Å²) < 4.78 is 11.8. The molecule has 1 N–H and O–H groups in total. The molecule has 2 unspecified atom stereocenters. The van der Waals surface area contributed by atoms with Gasteiger partial charge in [0.15, 0.2) is 11.5 Å². The Hall–Kier alpha value is -0.740. The molecule has 0 saturated heterocycles. The standard InChI is InChI=1S/C13H16BrNO2/c1-8-2-9(8)5-15-6-10-3-12-13(4-11(10)14)17-7-16-12/h3-4,8-9,15H,2,5-7H2,1H3. The van der Waals surface area contributed by atoms with Crippen molar-refractivity contribution in [3.05, 3.63) is 22.2 Å². The van der Waals surface area contributed by atoms with Crippen molar-refractivity contribution in [3.8, 4) is 11.5 Å². The van der Waals surface area contributed by atoms with Crippen LogP contribution < -0.4 is 14.8 Å². The van der Waals surface area contributed by atoms with E-state index in [1.165, 1.54) is 12.0 Å². The summed E-state index contributed by atoms with van der Waals surface area (Å²) in [6.45, 7) is 4.63. The van der Waals surface area contributed by atoms with Crippen molar-refractivity contribution in [2.24, 2.45) is 11.8 Å². The zero-order chi connectivity index (χ0) is 11.8. The SMILES string of the molecule is CC1CC1CNCc1cc2c(cc1Br)OCO2. The predicted molar refractivity (Wildman–Crippen MR) is 69.2 cm³/mol. The largest absolute Gasteiger partial charge is 0.454 e. The number of hydrogen-bond donors (Lipinski definition) is 1. The second kappa shape index (κ2) is 4.50. The summed E-state index contributed by atoms with van der Waals surface area (Å²) in [6, 6.07) is 4.04. The molecule has 0 spiro atoms. The lowest BCUT2D eigenvalue weighted by atomic mass is 10.2. The topological polar surface area (TPSA) is 30.5 Å². The van der Waals surface area contributed by atoms with Crippen LogP contribution in [0.15, 0.2) is 16.6 Å². The molecule has 2 atom stereocenters. The fraction of sp³-hybridized carbons (Fsp3) is 0.538. The van der Waals surface area contributed by atoms with Gasteiger partial charge in [0.25, 0.3) is 0 Å². The van der Waals surface area contributed by atoms with Crippen molar-refractivity contribution in [1.82, 2.24) is 5.32 Å². The summed E-state index contributed by atoms with van der Waals surface area (Å²) in [5, 5.41) is 3.50. The van der Waals surface area contributed by atoms with Crippen LogP contribution in [0.1, 0.15) is 18.9 Å². The minimum atomic E-state index is 0.332. The van der Waals surface area contributed by atoms with E-state index < -0.39 is 0 Å². The number of nitrogens with one attached hydrogen (secondary N) is 1. The van der Waals surface area contributed by atoms with E-state index in [0.717, 1.165) is 40.9 Å². The van der Waals surface area contributed by atoms with Gasteiger partial charge in [-0.3, -0.25) is 0 Å². The monoisotopic (exact) mass is 297 g/mol. The Labute approximate surface area is 110 Å². The molecule has 92 valence electrons. The molecule has 1 aliphatic heterocycles. The second-order valence-electron chi connectivity index (χ2n) is 4.90. The predicted octanol–water partition coefficient (Wildman–Crippen LogP) is 2.92. The first-order valence-electron chi connectivity index (χ1n) is 6.03. The maximum Gasteiger partial charge on any atom is 0.231 e. The molecule has 3 rings (SSSR count). The molecule has 3 nitrogen and oxygen atoms in total. The van der Waals surface area contributed by atoms with Gasteiger partial charge in [-0.2, -0.15) is 0 Å². The Balaban J connectivity index is 1.62. The minimum absolute atomic E-state index is 0.332. The van der Waals surface area contributed by atoms with Gasteiger partial charge < -0.3 is 14.8 Å². The number of ether oxygens (including phenoxy) is 2. The zero-order valence-corrected chi connectivity index (χ0v) is 11.4. The molecule has 4 heteroatoms. The lowest BCUT2D eigenvalue weighted by Crippen LogP contribution is -2.17. The van der Waals surface area contributed by atoms with Crippen molar-refractivity contribution in [2.75, 3.05) is 13.3 Å². The third kappa shape index (κ3) is 2.43. The van der Waals surface area contributed by atoms with Crippen LogP contribution >= 0.6 is 15.9 Å². The van der Waals surface area contributed by atoms with Crippen molar-refractivity contribution in [1.29, 1.82) is 0 Å². The van der Waals surface area contributed by atoms with E-state index >= 15 is 0 Å². The maximum absolute atomic E-state index is 5.38. The minimum Gasteiger partial charge on any atom is -0.454 e. The van der Waals surface area contributed by atoms with E-state index in [0.29, 0.717) is 6.79 Å². The highest BCUT2D eigenvalue weighted by Gasteiger charge is 2.31. The van der Waals surface area contributed by atoms with E-state index in [1.807, 2.05) is 6.07 Å². The lowest BCUT2D eigenvalue weighted by Gasteiger charge is -2.08. The molecule has 0 bridgehead atoms. The average Bonchev–Trinajstić information content (AvgIpc) is 2.82. The normalized spacial score (nSPS) is 25.1. The van der Waals surface area contributed by atoms with E-state index in [2.05, 4.69) is 34.2 Å². The summed E-state index contributed by atoms with van der Waals surface area (Å²) >= 11 is 3.57. The van der Waals surface area contributed by atoms with Crippen LogP contribution in [0.3, 0.4) is 0 Å². The number of halogens is 1. The van der Waals surface area contributed by atoms with E-state index in [4.69, 9.17) is 9.47 Å². The Kier molecular flexibility index (Phi) is 3.01. The van der Waals surface area contributed by atoms with Crippen molar-refractivity contribution in [3.63, 3.8) is 0 Å². The molecule has 0 aromatic heterocycles. The highest BCUT2D eigenvalue weighted by Crippen LogP contribution is 2.38. The van der Waals surface area contributed by atoms with Crippen molar-refractivity contribution in [2.45, 2.75) is 19.9 Å². The number of rotatable bonds is 4. The summed E-state index contributed by atoms with van der Waals surface area (Å²) in [6.07, 6.45) is 1.37. The van der Waals surface area contributed by atoms with Crippen molar-refractivity contribution >= 4 is 15.9 Å². The van der Waals surface area contributed by atoms with E-state index in [9.17, 15) is 0 Å². The number of benzene rings is 1. The van der Waals surface area contributed by atoms with Gasteiger partial charge in [0.2, 0.25) is 6.79 Å². The van der Waals surface area contributed by atoms with Gasteiger partial charge in [0, 0.05) is 11.0 Å². The summed E-state index contributed by atoms with van der Waals surface area (Å²) in [5.74, 6) is 3.46. The Bertz CT molecular complexity index is 436. The molecule has 1 aromatic rings. The average molecular weight is 298 g/mol. The number of fused-ring (bicyclic) bond motifs is 1. The number of hydrogen-bond acceptors (Lipinski definition) is 3. The highest BCUT2D eigenvalue weighted by molar-refractivity contribution is 9.10. The Morgan fingerprint density at radius 2 is 2.06 bits per heavy atom. The molecular weight excluding hydrogens is 282 g/mol. The van der Waals surface area contributed by atoms with Crippen LogP contribution in [-0.4, -0.2) is 13.3 Å². The molecular formula is C13H16BrNO2. The molecule has 1 fully saturated rings. The van der Waals surface area contributed by atoms with Crippen molar-refractivity contribution < 1.29 is 9.47 Å². The van der Waals surface area contributed by atoms with E-state index in [1.54, 1.807) is 0 Å². The van der Waals surface area contributed by atoms with Gasteiger partial charge >= 0.3 is 0 Å². The molecule has 0 amide bonds. The fourth-order valence-electron chi connectivity index (χ4n) is 2.17. The first-order valence-corrected chi connectivity index (χ1v) is 6.82. The molecule has 2 aliphatic rings. The fourth-order valence-corrected chi connectivity index (χ4v) is 2.63. The summed E-state index contributed by atoms with van der Waals surface area (Å²) in [5.41, 5.74) is 1.22. The molecule has 1 aromatic carbocycles. The highest BCUT2D eigenvalue weighted by atomic mass is 79.9. The zero-order valence-electron chi connectivity index (χ0n) is 9.83. The van der Waals surface area contributed by atoms with Crippen LogP contribution in [0, 0.1) is 11.8 Å². The summed E-state index contributed by atoms with van der Waals surface area (Å²) in [4.78, 5) is 0. The second-order valence-corrected chi connectivity index (χ2v) is 5.76. The van der Waals surface area contributed by atoms with Gasteiger partial charge in [-0.1, -0.05) is 22.9 Å². The van der Waals surface area contributed by atoms with Gasteiger partial charge in [0.05, 0.1) is 0 Å². The molecule has 1 saturated carbocycles. The summed E-state index contributed by atoms with van der Waals surface area (Å²) in [7, 11) is 0. The molecule has 17 heavy (non-hydrogen) atoms. The first-order chi connectivity index (χ1) is 8.24. The Morgan fingerprint density at radius 1 is 1.35 bits per heavy atom. The molecule has 0 radical (unpaired) electrons. The Morgan fingerprint density at radius 3 is 2.76 bits per heavy atom. The lowest BCUT2D eigenvalue weighted by molar-refractivity contribution is 0.174. The van der Waals surface area contributed by atoms with Crippen LogP contribution in [-0.2, 0) is 6.54 Å². The van der Waals surface area contributed by atoms with E-state index in [-0.39, 0.29) is 0 Å². The first kappa shape index (κ1) is 11.4.